The van der Waals surface area contributed by atoms with Gasteiger partial charge in [0.15, 0.2) is 11.5 Å². The van der Waals surface area contributed by atoms with Gasteiger partial charge in [-0.2, -0.15) is 9.78 Å². The number of aromatic amines is 1. The predicted octanol–water partition coefficient (Wildman–Crippen LogP) is 3.30. The van der Waals surface area contributed by atoms with E-state index in [4.69, 9.17) is 9.47 Å². The van der Waals surface area contributed by atoms with E-state index in [-0.39, 0.29) is 18.3 Å². The number of aromatic nitrogens is 4. The Balaban J connectivity index is 1.47. The number of anilines is 2. The van der Waals surface area contributed by atoms with Crippen molar-refractivity contribution in [3.05, 3.63) is 76.7 Å². The van der Waals surface area contributed by atoms with Gasteiger partial charge in [0.1, 0.15) is 5.82 Å². The van der Waals surface area contributed by atoms with Crippen molar-refractivity contribution in [2.75, 3.05) is 17.4 Å². The highest BCUT2D eigenvalue weighted by Gasteiger charge is 2.17. The molecular formula is C22H18N6O4. The highest BCUT2D eigenvalue weighted by molar-refractivity contribution is 5.99. The lowest BCUT2D eigenvalue weighted by Crippen LogP contribution is -2.22. The average Bonchev–Trinajstić information content (AvgIpc) is 3.40. The summed E-state index contributed by atoms with van der Waals surface area (Å²) in [5.74, 6) is 1.70. The van der Waals surface area contributed by atoms with E-state index in [1.807, 2.05) is 30.3 Å². The number of hydrogen-bond donors (Lipinski definition) is 3. The lowest BCUT2D eigenvalue weighted by molar-refractivity contribution is 0.174. The Kier molecular flexibility index (Phi) is 4.79. The fourth-order valence-electron chi connectivity index (χ4n) is 3.30. The third kappa shape index (κ3) is 3.88. The Morgan fingerprint density at radius 1 is 1.03 bits per heavy atom. The van der Waals surface area contributed by atoms with Crippen molar-refractivity contribution in [2.45, 2.75) is 6.92 Å². The van der Waals surface area contributed by atoms with Crippen molar-refractivity contribution < 1.29 is 14.3 Å². The highest BCUT2D eigenvalue weighted by Crippen LogP contribution is 2.34. The molecule has 3 heterocycles. The van der Waals surface area contributed by atoms with E-state index in [1.165, 1.54) is 10.7 Å². The molecule has 0 bridgehead atoms. The Labute approximate surface area is 181 Å². The largest absolute Gasteiger partial charge is 0.454 e. The SMILES string of the molecule is Cc1cc(=O)[nH]c(-n2nc(-c3ccccc3)cc2NC(=O)Nc2ccc3c(c2)OCO3)n1. The first-order valence-corrected chi connectivity index (χ1v) is 9.77. The molecule has 0 fully saturated rings. The van der Waals surface area contributed by atoms with Gasteiger partial charge in [-0.3, -0.25) is 15.1 Å². The Morgan fingerprint density at radius 2 is 1.84 bits per heavy atom. The third-order valence-electron chi connectivity index (χ3n) is 4.71. The molecule has 1 aliphatic heterocycles. The molecule has 2 aromatic carbocycles. The first kappa shape index (κ1) is 19.4. The van der Waals surface area contributed by atoms with E-state index in [0.717, 1.165) is 5.56 Å². The van der Waals surface area contributed by atoms with Gasteiger partial charge in [0, 0.05) is 35.1 Å². The number of benzene rings is 2. The minimum Gasteiger partial charge on any atom is -0.454 e. The maximum Gasteiger partial charge on any atom is 0.324 e. The number of fused-ring (bicyclic) bond motifs is 1. The third-order valence-corrected chi connectivity index (χ3v) is 4.71. The second kappa shape index (κ2) is 7.91. The van der Waals surface area contributed by atoms with E-state index < -0.39 is 6.03 Å². The summed E-state index contributed by atoms with van der Waals surface area (Å²) in [6, 6.07) is 17.2. The van der Waals surface area contributed by atoms with Crippen LogP contribution in [0.1, 0.15) is 5.69 Å². The number of hydrogen-bond acceptors (Lipinski definition) is 6. The number of aryl methyl sites for hydroxylation is 1. The summed E-state index contributed by atoms with van der Waals surface area (Å²) in [5.41, 5.74) is 2.19. The second-order valence-electron chi connectivity index (χ2n) is 7.05. The minimum atomic E-state index is -0.500. The van der Waals surface area contributed by atoms with E-state index >= 15 is 0 Å². The number of rotatable bonds is 4. The predicted molar refractivity (Wildman–Crippen MR) is 117 cm³/mol. The molecule has 5 rings (SSSR count). The minimum absolute atomic E-state index is 0.147. The Bertz CT molecular complexity index is 1360. The van der Waals surface area contributed by atoms with Crippen molar-refractivity contribution in [2.24, 2.45) is 0 Å². The average molecular weight is 430 g/mol. The van der Waals surface area contributed by atoms with Crippen LogP contribution >= 0.6 is 0 Å². The van der Waals surface area contributed by atoms with Gasteiger partial charge in [-0.25, -0.2) is 9.78 Å². The molecule has 2 amide bonds. The van der Waals surface area contributed by atoms with Gasteiger partial charge < -0.3 is 14.8 Å². The van der Waals surface area contributed by atoms with Gasteiger partial charge in [0.05, 0.1) is 5.69 Å². The van der Waals surface area contributed by atoms with E-state index in [0.29, 0.717) is 34.4 Å². The maximum atomic E-state index is 12.7. The fourth-order valence-corrected chi connectivity index (χ4v) is 3.30. The Hall–Kier alpha value is -4.60. The number of ether oxygens (including phenoxy) is 2. The van der Waals surface area contributed by atoms with Crippen molar-refractivity contribution in [3.63, 3.8) is 0 Å². The molecule has 0 saturated carbocycles. The molecule has 10 nitrogen and oxygen atoms in total. The van der Waals surface area contributed by atoms with Gasteiger partial charge in [0.2, 0.25) is 12.7 Å². The normalized spacial score (nSPS) is 11.9. The molecule has 0 unspecified atom stereocenters. The van der Waals surface area contributed by atoms with Crippen LogP contribution in [0.2, 0.25) is 0 Å². The second-order valence-corrected chi connectivity index (χ2v) is 7.05. The monoisotopic (exact) mass is 430 g/mol. The van der Waals surface area contributed by atoms with E-state index in [1.54, 1.807) is 31.2 Å². The van der Waals surface area contributed by atoms with Gasteiger partial charge in [-0.15, -0.1) is 0 Å². The molecule has 0 aliphatic carbocycles. The number of H-pyrrole nitrogens is 1. The lowest BCUT2D eigenvalue weighted by atomic mass is 10.2. The number of nitrogens with one attached hydrogen (secondary N) is 3. The van der Waals surface area contributed by atoms with Crippen LogP contribution in [0.4, 0.5) is 16.3 Å². The van der Waals surface area contributed by atoms with Gasteiger partial charge >= 0.3 is 6.03 Å². The molecule has 3 N–H and O–H groups in total. The molecule has 1 aliphatic rings. The van der Waals surface area contributed by atoms with Crippen molar-refractivity contribution in [1.82, 2.24) is 19.7 Å². The van der Waals surface area contributed by atoms with Crippen LogP contribution in [0.15, 0.2) is 65.5 Å². The molecule has 0 atom stereocenters. The molecular weight excluding hydrogens is 412 g/mol. The van der Waals surface area contributed by atoms with Crippen LogP contribution in [0.5, 0.6) is 11.5 Å². The summed E-state index contributed by atoms with van der Waals surface area (Å²) in [4.78, 5) is 31.7. The lowest BCUT2D eigenvalue weighted by Gasteiger charge is -2.10. The molecule has 4 aromatic rings. The summed E-state index contributed by atoms with van der Waals surface area (Å²) >= 11 is 0. The topological polar surface area (TPSA) is 123 Å². The smallest absolute Gasteiger partial charge is 0.324 e. The Morgan fingerprint density at radius 3 is 2.66 bits per heavy atom. The molecule has 160 valence electrons. The molecule has 32 heavy (non-hydrogen) atoms. The van der Waals surface area contributed by atoms with Gasteiger partial charge in [0.25, 0.3) is 5.56 Å². The quantitative estimate of drug-likeness (QED) is 0.456. The number of nitrogens with zero attached hydrogens (tertiary/aromatic N) is 3. The number of carbonyl (C=O) groups is 1. The number of amides is 2. The van der Waals surface area contributed by atoms with Crippen LogP contribution in [0, 0.1) is 6.92 Å². The van der Waals surface area contributed by atoms with Crippen molar-refractivity contribution >= 4 is 17.5 Å². The highest BCUT2D eigenvalue weighted by atomic mass is 16.7. The van der Waals surface area contributed by atoms with Crippen molar-refractivity contribution in [3.8, 4) is 28.7 Å². The summed E-state index contributed by atoms with van der Waals surface area (Å²) in [7, 11) is 0. The number of carbonyl (C=O) groups excluding carboxylic acids is 1. The first-order valence-electron chi connectivity index (χ1n) is 9.77. The first-order chi connectivity index (χ1) is 15.5. The van der Waals surface area contributed by atoms with Crippen LogP contribution in [0.25, 0.3) is 17.2 Å². The summed E-state index contributed by atoms with van der Waals surface area (Å²) in [5, 5.41) is 10.1. The zero-order chi connectivity index (χ0) is 22.1. The van der Waals surface area contributed by atoms with Crippen LogP contribution in [0.3, 0.4) is 0 Å². The standard InChI is InChI=1S/C22H18N6O4/c1-13-9-20(29)26-21(23-13)28-19(11-16(27-28)14-5-3-2-4-6-14)25-22(30)24-15-7-8-17-18(10-15)32-12-31-17/h2-11H,12H2,1H3,(H,23,26,29)(H2,24,25,30). The zero-order valence-corrected chi connectivity index (χ0v) is 17.0. The zero-order valence-electron chi connectivity index (χ0n) is 17.0. The fraction of sp³-hybridized carbons (Fsp3) is 0.0909. The summed E-state index contributed by atoms with van der Waals surface area (Å²) in [6.45, 7) is 1.86. The van der Waals surface area contributed by atoms with Crippen LogP contribution in [-0.4, -0.2) is 32.6 Å². The van der Waals surface area contributed by atoms with Crippen molar-refractivity contribution in [1.29, 1.82) is 0 Å². The van der Waals surface area contributed by atoms with E-state index in [9.17, 15) is 9.59 Å². The van der Waals surface area contributed by atoms with Crippen LogP contribution in [-0.2, 0) is 0 Å². The summed E-state index contributed by atoms with van der Waals surface area (Å²) in [6.07, 6.45) is 0. The number of urea groups is 1. The summed E-state index contributed by atoms with van der Waals surface area (Å²) < 4.78 is 12.0. The molecule has 0 radical (unpaired) electrons. The molecule has 0 saturated heterocycles. The molecule has 0 spiro atoms. The maximum absolute atomic E-state index is 12.7. The molecule has 2 aromatic heterocycles. The van der Waals surface area contributed by atoms with Gasteiger partial charge in [-0.1, -0.05) is 30.3 Å². The van der Waals surface area contributed by atoms with E-state index in [2.05, 4.69) is 25.7 Å². The van der Waals surface area contributed by atoms with Gasteiger partial charge in [-0.05, 0) is 19.1 Å². The molecule has 10 heteroatoms. The van der Waals surface area contributed by atoms with Crippen LogP contribution < -0.4 is 25.7 Å².